The second-order valence-corrected chi connectivity index (χ2v) is 3.13. The molecule has 0 aliphatic carbocycles. The van der Waals surface area contributed by atoms with Crippen LogP contribution >= 0.6 is 0 Å². The van der Waals surface area contributed by atoms with Gasteiger partial charge in [0.05, 0.1) is 0 Å². The second kappa shape index (κ2) is 1.96. The van der Waals surface area contributed by atoms with Crippen molar-refractivity contribution in [1.82, 2.24) is 10.2 Å². The summed E-state index contributed by atoms with van der Waals surface area (Å²) in [4.78, 5) is 23.6. The van der Waals surface area contributed by atoms with Crippen LogP contribution in [0.4, 0.5) is 0 Å². The molecule has 2 bridgehead atoms. The molecule has 2 fully saturated rings. The fourth-order valence-corrected chi connectivity index (χ4v) is 1.83. The molecule has 4 nitrogen and oxygen atoms in total. The molecule has 60 valence electrons. The number of hydrogen-bond donors (Lipinski definition) is 1. The van der Waals surface area contributed by atoms with Gasteiger partial charge in [-0.1, -0.05) is 0 Å². The lowest BCUT2D eigenvalue weighted by Gasteiger charge is -2.24. The molecule has 2 saturated heterocycles. The van der Waals surface area contributed by atoms with Gasteiger partial charge in [-0.15, -0.1) is 0 Å². The summed E-state index contributed by atoms with van der Waals surface area (Å²) >= 11 is 0. The minimum absolute atomic E-state index is 0.00681. The van der Waals surface area contributed by atoms with Crippen LogP contribution in [0, 0.1) is 0 Å². The van der Waals surface area contributed by atoms with Gasteiger partial charge in [0.2, 0.25) is 11.8 Å². The van der Waals surface area contributed by atoms with Crippen molar-refractivity contribution in [3.8, 4) is 0 Å². The molecule has 0 aromatic carbocycles. The molecule has 2 amide bonds. The minimum Gasteiger partial charge on any atom is -0.350 e. The highest BCUT2D eigenvalue weighted by atomic mass is 16.2. The molecule has 2 atom stereocenters. The van der Waals surface area contributed by atoms with Crippen molar-refractivity contribution < 1.29 is 9.59 Å². The van der Waals surface area contributed by atoms with Crippen LogP contribution in [-0.2, 0) is 9.59 Å². The third-order valence-corrected chi connectivity index (χ3v) is 2.35. The Bertz CT molecular complexity index is 226. The van der Waals surface area contributed by atoms with Crippen LogP contribution in [0.2, 0.25) is 0 Å². The van der Waals surface area contributed by atoms with Crippen molar-refractivity contribution in [3.05, 3.63) is 0 Å². The maximum absolute atomic E-state index is 11.0. The molecule has 2 rings (SSSR count). The van der Waals surface area contributed by atoms with E-state index in [1.807, 2.05) is 0 Å². The Morgan fingerprint density at radius 1 is 1.73 bits per heavy atom. The van der Waals surface area contributed by atoms with E-state index < -0.39 is 0 Å². The highest BCUT2D eigenvalue weighted by Crippen LogP contribution is 2.23. The minimum atomic E-state index is -0.169. The van der Waals surface area contributed by atoms with Crippen molar-refractivity contribution in [1.29, 1.82) is 0 Å². The van der Waals surface area contributed by atoms with E-state index in [1.54, 1.807) is 4.90 Å². The summed E-state index contributed by atoms with van der Waals surface area (Å²) in [6.45, 7) is 2.21. The number of piperazine rings is 1. The Kier molecular flexibility index (Phi) is 1.19. The first-order chi connectivity index (χ1) is 5.18. The van der Waals surface area contributed by atoms with Crippen LogP contribution < -0.4 is 5.32 Å². The van der Waals surface area contributed by atoms with E-state index in [2.05, 4.69) is 5.32 Å². The third-order valence-electron chi connectivity index (χ3n) is 2.35. The molecule has 2 heterocycles. The van der Waals surface area contributed by atoms with Gasteiger partial charge in [0, 0.05) is 19.5 Å². The maximum atomic E-state index is 11.0. The largest absolute Gasteiger partial charge is 0.350 e. The van der Waals surface area contributed by atoms with Gasteiger partial charge in [0.1, 0.15) is 6.04 Å². The Morgan fingerprint density at radius 3 is 2.82 bits per heavy atom. The summed E-state index contributed by atoms with van der Waals surface area (Å²) in [5.74, 6) is 0.0174. The maximum Gasteiger partial charge on any atom is 0.243 e. The van der Waals surface area contributed by atoms with Crippen LogP contribution in [0.1, 0.15) is 13.3 Å². The molecule has 0 aromatic rings. The van der Waals surface area contributed by atoms with E-state index in [1.165, 1.54) is 6.92 Å². The first-order valence-corrected chi connectivity index (χ1v) is 3.76. The number of likely N-dealkylation sites (tertiary alicyclic amines) is 1. The van der Waals surface area contributed by atoms with Gasteiger partial charge in [0.15, 0.2) is 0 Å². The topological polar surface area (TPSA) is 49.4 Å². The Hall–Kier alpha value is -1.06. The van der Waals surface area contributed by atoms with Gasteiger partial charge in [-0.2, -0.15) is 0 Å². The fourth-order valence-electron chi connectivity index (χ4n) is 1.83. The molecule has 0 spiro atoms. The van der Waals surface area contributed by atoms with E-state index in [4.69, 9.17) is 0 Å². The molecule has 11 heavy (non-hydrogen) atoms. The standard InChI is InChI=1S/C7H10N2O2/c1-4(10)9-3-5-2-6(9)7(11)8-5/h5-6H,2-3H2,1H3,(H,8,11)/t5-,6-/m1/s1. The smallest absolute Gasteiger partial charge is 0.243 e. The Labute approximate surface area is 64.5 Å². The number of carbonyl (C=O) groups excluding carboxylic acids is 2. The van der Waals surface area contributed by atoms with E-state index in [0.29, 0.717) is 6.54 Å². The van der Waals surface area contributed by atoms with E-state index in [-0.39, 0.29) is 23.9 Å². The Morgan fingerprint density at radius 2 is 2.45 bits per heavy atom. The molecule has 0 aromatic heterocycles. The van der Waals surface area contributed by atoms with E-state index >= 15 is 0 Å². The molecule has 4 heteroatoms. The predicted molar refractivity (Wildman–Crippen MR) is 37.7 cm³/mol. The van der Waals surface area contributed by atoms with Crippen molar-refractivity contribution >= 4 is 11.8 Å². The number of fused-ring (bicyclic) bond motifs is 2. The van der Waals surface area contributed by atoms with Crippen LogP contribution in [0.25, 0.3) is 0 Å². The molecule has 0 unspecified atom stereocenters. The summed E-state index contributed by atoms with van der Waals surface area (Å²) in [6.07, 6.45) is 0.804. The molecular formula is C7H10N2O2. The normalized spacial score (nSPS) is 34.3. The van der Waals surface area contributed by atoms with E-state index in [9.17, 15) is 9.59 Å². The van der Waals surface area contributed by atoms with Crippen LogP contribution in [0.5, 0.6) is 0 Å². The zero-order valence-corrected chi connectivity index (χ0v) is 6.33. The summed E-state index contributed by atoms with van der Waals surface area (Å²) in [5.41, 5.74) is 0. The monoisotopic (exact) mass is 154 g/mol. The van der Waals surface area contributed by atoms with Crippen molar-refractivity contribution in [2.45, 2.75) is 25.4 Å². The third kappa shape index (κ3) is 0.818. The average Bonchev–Trinajstić information content (AvgIpc) is 2.43. The summed E-state index contributed by atoms with van der Waals surface area (Å²) < 4.78 is 0. The fraction of sp³-hybridized carbons (Fsp3) is 0.714. The molecule has 2 aliphatic heterocycles. The number of hydrogen-bond acceptors (Lipinski definition) is 2. The van der Waals surface area contributed by atoms with Crippen LogP contribution in [-0.4, -0.2) is 35.3 Å². The quantitative estimate of drug-likeness (QED) is 0.492. The zero-order chi connectivity index (χ0) is 8.01. The van der Waals surface area contributed by atoms with Crippen LogP contribution in [0.3, 0.4) is 0 Å². The predicted octanol–water partition coefficient (Wildman–Crippen LogP) is -0.894. The lowest BCUT2D eigenvalue weighted by molar-refractivity contribution is -0.137. The number of carbonyl (C=O) groups is 2. The van der Waals surface area contributed by atoms with Gasteiger partial charge in [-0.05, 0) is 6.42 Å². The first kappa shape index (κ1) is 6.64. The number of nitrogens with zero attached hydrogens (tertiary/aromatic N) is 1. The molecule has 0 radical (unpaired) electrons. The van der Waals surface area contributed by atoms with Gasteiger partial charge in [-0.25, -0.2) is 0 Å². The molecule has 1 N–H and O–H groups in total. The Balaban J connectivity index is 2.18. The zero-order valence-electron chi connectivity index (χ0n) is 6.33. The highest BCUT2D eigenvalue weighted by Gasteiger charge is 2.44. The SMILES string of the molecule is CC(=O)N1C[C@H]2C[C@@H]1C(=O)N2. The van der Waals surface area contributed by atoms with Crippen molar-refractivity contribution in [2.24, 2.45) is 0 Å². The van der Waals surface area contributed by atoms with Gasteiger partial charge in [-0.3, -0.25) is 9.59 Å². The lowest BCUT2D eigenvalue weighted by atomic mass is 10.2. The van der Waals surface area contributed by atoms with Crippen LogP contribution in [0.15, 0.2) is 0 Å². The summed E-state index contributed by atoms with van der Waals surface area (Å²) in [5, 5.41) is 2.81. The van der Waals surface area contributed by atoms with Crippen molar-refractivity contribution in [2.75, 3.05) is 6.54 Å². The van der Waals surface area contributed by atoms with E-state index in [0.717, 1.165) is 6.42 Å². The number of rotatable bonds is 0. The van der Waals surface area contributed by atoms with Gasteiger partial charge in [0.25, 0.3) is 0 Å². The highest BCUT2D eigenvalue weighted by molar-refractivity contribution is 5.90. The van der Waals surface area contributed by atoms with Gasteiger partial charge >= 0.3 is 0 Å². The lowest BCUT2D eigenvalue weighted by Crippen LogP contribution is -2.49. The summed E-state index contributed by atoms with van der Waals surface area (Å²) in [7, 11) is 0. The number of nitrogens with one attached hydrogen (secondary N) is 1. The first-order valence-electron chi connectivity index (χ1n) is 3.76. The number of amides is 2. The molecule has 0 saturated carbocycles. The summed E-state index contributed by atoms with van der Waals surface area (Å²) in [6, 6.07) is 0.0499. The molecular weight excluding hydrogens is 144 g/mol. The average molecular weight is 154 g/mol. The van der Waals surface area contributed by atoms with Gasteiger partial charge < -0.3 is 10.2 Å². The molecule has 2 aliphatic rings. The second-order valence-electron chi connectivity index (χ2n) is 3.13. The van der Waals surface area contributed by atoms with Crippen molar-refractivity contribution in [3.63, 3.8) is 0 Å².